The molecule has 0 radical (unpaired) electrons. The first-order valence-corrected chi connectivity index (χ1v) is 11.4. The fourth-order valence-corrected chi connectivity index (χ4v) is 5.40. The molecule has 0 amide bonds. The maximum Gasteiger partial charge on any atom is 0.420 e. The number of halogens is 4. The highest BCUT2D eigenvalue weighted by molar-refractivity contribution is 7.13. The number of aryl methyl sites for hydroxylation is 1. The molecule has 4 aromatic rings. The summed E-state index contributed by atoms with van der Waals surface area (Å²) in [6.45, 7) is 0.829. The Labute approximate surface area is 199 Å². The molecule has 1 aliphatic heterocycles. The standard InChI is InChI=1S/C23H18F4N4O3S/c1-29-11-14(22(33)34)20(32)13-10-15(24)19(17(18(13)29)23(25,26)27)30-6-8-31(9-7-30)21-12-4-2-3-5-16(12)35-28-21/h2-5,10-11H,6-9H2,1H3,(H,33,34). The van der Waals surface area contributed by atoms with E-state index in [1.165, 1.54) is 23.5 Å². The zero-order valence-electron chi connectivity index (χ0n) is 18.3. The van der Waals surface area contributed by atoms with Crippen LogP contribution < -0.4 is 15.2 Å². The molecule has 182 valence electrons. The number of nitrogens with zero attached hydrogens (tertiary/aromatic N) is 4. The molecule has 1 fully saturated rings. The highest BCUT2D eigenvalue weighted by Crippen LogP contribution is 2.43. The van der Waals surface area contributed by atoms with Crippen LogP contribution in [0, 0.1) is 5.82 Å². The SMILES string of the molecule is Cn1cc(C(=O)O)c(=O)c2cc(F)c(N3CCN(c4nsc5ccccc45)CC3)c(C(F)(F)F)c21. The van der Waals surface area contributed by atoms with Gasteiger partial charge in [0.15, 0.2) is 0 Å². The fraction of sp³-hybridized carbons (Fsp3) is 0.261. The molecule has 7 nitrogen and oxygen atoms in total. The molecule has 0 atom stereocenters. The summed E-state index contributed by atoms with van der Waals surface area (Å²) in [6.07, 6.45) is -4.16. The van der Waals surface area contributed by atoms with Gasteiger partial charge in [-0.05, 0) is 29.7 Å². The molecule has 12 heteroatoms. The van der Waals surface area contributed by atoms with Gasteiger partial charge in [-0.25, -0.2) is 9.18 Å². The van der Waals surface area contributed by atoms with E-state index in [0.717, 1.165) is 26.7 Å². The number of anilines is 2. The van der Waals surface area contributed by atoms with Crippen LogP contribution in [0.15, 0.2) is 41.3 Å². The van der Waals surface area contributed by atoms with Crippen molar-refractivity contribution in [1.29, 1.82) is 0 Å². The summed E-state index contributed by atoms with van der Waals surface area (Å²) in [7, 11) is 1.20. The number of piperazine rings is 1. The number of carboxylic acid groups (broad SMARTS) is 1. The molecule has 5 rings (SSSR count). The molecule has 1 aliphatic rings. The highest BCUT2D eigenvalue weighted by Gasteiger charge is 2.41. The monoisotopic (exact) mass is 506 g/mol. The van der Waals surface area contributed by atoms with Crippen molar-refractivity contribution < 1.29 is 27.5 Å². The van der Waals surface area contributed by atoms with Crippen LogP contribution in [0.3, 0.4) is 0 Å². The third-order valence-electron chi connectivity index (χ3n) is 6.16. The van der Waals surface area contributed by atoms with Crippen LogP contribution in [-0.4, -0.2) is 46.2 Å². The first kappa shape index (κ1) is 23.1. The van der Waals surface area contributed by atoms with Crippen molar-refractivity contribution in [3.05, 3.63) is 63.7 Å². The number of hydrogen-bond acceptors (Lipinski definition) is 6. The predicted molar refractivity (Wildman–Crippen MR) is 125 cm³/mol. The average molecular weight is 506 g/mol. The summed E-state index contributed by atoms with van der Waals surface area (Å²) in [5.41, 5.74) is -4.40. The molecule has 35 heavy (non-hydrogen) atoms. The maximum absolute atomic E-state index is 15.3. The number of rotatable bonds is 3. The number of alkyl halides is 3. The van der Waals surface area contributed by atoms with Crippen LogP contribution >= 0.6 is 11.5 Å². The number of fused-ring (bicyclic) bond motifs is 2. The zero-order valence-corrected chi connectivity index (χ0v) is 19.1. The van der Waals surface area contributed by atoms with Crippen LogP contribution in [0.2, 0.25) is 0 Å². The summed E-state index contributed by atoms with van der Waals surface area (Å²) in [4.78, 5) is 27.2. The van der Waals surface area contributed by atoms with Gasteiger partial charge in [-0.1, -0.05) is 12.1 Å². The van der Waals surface area contributed by atoms with Crippen molar-refractivity contribution >= 4 is 50.0 Å². The molecule has 2 aromatic carbocycles. The van der Waals surface area contributed by atoms with Gasteiger partial charge in [0.1, 0.15) is 22.8 Å². The number of aromatic nitrogens is 2. The Hall–Kier alpha value is -3.67. The number of hydrogen-bond donors (Lipinski definition) is 1. The summed E-state index contributed by atoms with van der Waals surface area (Å²) in [5.74, 6) is -2.09. The number of benzene rings is 2. The third kappa shape index (κ3) is 3.77. The number of carbonyl (C=O) groups is 1. The largest absolute Gasteiger partial charge is 0.477 e. The molecule has 1 saturated heterocycles. The lowest BCUT2D eigenvalue weighted by Crippen LogP contribution is -2.47. The first-order valence-electron chi connectivity index (χ1n) is 10.6. The van der Waals surface area contributed by atoms with Crippen molar-refractivity contribution in [3.8, 4) is 0 Å². The van der Waals surface area contributed by atoms with Crippen LogP contribution in [0.25, 0.3) is 21.0 Å². The molecule has 2 aromatic heterocycles. The Morgan fingerprint density at radius 2 is 1.74 bits per heavy atom. The fourth-order valence-electron chi connectivity index (χ4n) is 4.60. The Morgan fingerprint density at radius 3 is 2.40 bits per heavy atom. The molecule has 0 aliphatic carbocycles. The van der Waals surface area contributed by atoms with E-state index >= 15 is 4.39 Å². The minimum absolute atomic E-state index is 0.0958. The van der Waals surface area contributed by atoms with Crippen molar-refractivity contribution in [1.82, 2.24) is 8.94 Å². The number of carboxylic acids is 1. The van der Waals surface area contributed by atoms with Gasteiger partial charge in [0.2, 0.25) is 5.43 Å². The van der Waals surface area contributed by atoms with Crippen molar-refractivity contribution in [3.63, 3.8) is 0 Å². The maximum atomic E-state index is 15.3. The van der Waals surface area contributed by atoms with Gasteiger partial charge in [-0.15, -0.1) is 0 Å². The normalized spacial score (nSPS) is 14.8. The van der Waals surface area contributed by atoms with Gasteiger partial charge in [-0.3, -0.25) is 4.79 Å². The van der Waals surface area contributed by atoms with E-state index in [4.69, 9.17) is 0 Å². The summed E-state index contributed by atoms with van der Waals surface area (Å²) >= 11 is 1.33. The van der Waals surface area contributed by atoms with E-state index < -0.39 is 51.1 Å². The molecule has 0 unspecified atom stereocenters. The Morgan fingerprint density at radius 1 is 1.09 bits per heavy atom. The smallest absolute Gasteiger partial charge is 0.420 e. The quantitative estimate of drug-likeness (QED) is 0.417. The van der Waals surface area contributed by atoms with Crippen LogP contribution in [-0.2, 0) is 13.2 Å². The topological polar surface area (TPSA) is 78.7 Å². The van der Waals surface area contributed by atoms with E-state index in [-0.39, 0.29) is 13.1 Å². The summed E-state index contributed by atoms with van der Waals surface area (Å²) < 4.78 is 64.6. The molecular formula is C23H18F4N4O3S. The predicted octanol–water partition coefficient (Wildman–Crippen LogP) is 4.33. The molecule has 1 N–H and O–H groups in total. The molecule has 3 heterocycles. The molecule has 0 bridgehead atoms. The molecule has 0 saturated carbocycles. The second kappa shape index (κ2) is 8.22. The Bertz CT molecular complexity index is 1540. The van der Waals surface area contributed by atoms with Gasteiger partial charge in [0.25, 0.3) is 0 Å². The lowest BCUT2D eigenvalue weighted by Gasteiger charge is -2.38. The van der Waals surface area contributed by atoms with E-state index in [1.54, 1.807) is 0 Å². The van der Waals surface area contributed by atoms with Gasteiger partial charge in [0.05, 0.1) is 21.3 Å². The second-order valence-electron chi connectivity index (χ2n) is 8.24. The molecule has 0 spiro atoms. The van der Waals surface area contributed by atoms with E-state index in [1.807, 2.05) is 29.2 Å². The Balaban J connectivity index is 1.59. The van der Waals surface area contributed by atoms with Gasteiger partial charge < -0.3 is 19.5 Å². The summed E-state index contributed by atoms with van der Waals surface area (Å²) in [6, 6.07) is 8.35. The lowest BCUT2D eigenvalue weighted by atomic mass is 10.0. The lowest BCUT2D eigenvalue weighted by molar-refractivity contribution is -0.136. The van der Waals surface area contributed by atoms with E-state index in [0.29, 0.717) is 19.2 Å². The van der Waals surface area contributed by atoms with Crippen LogP contribution in [0.4, 0.5) is 29.1 Å². The number of aromatic carboxylic acids is 1. The zero-order chi connectivity index (χ0) is 25.1. The van der Waals surface area contributed by atoms with Gasteiger partial charge in [0, 0.05) is 44.8 Å². The highest BCUT2D eigenvalue weighted by atomic mass is 32.1. The Kier molecular flexibility index (Phi) is 5.42. The number of pyridine rings is 1. The minimum atomic E-state index is -4.99. The van der Waals surface area contributed by atoms with E-state index in [2.05, 4.69) is 4.37 Å². The van der Waals surface area contributed by atoms with Crippen molar-refractivity contribution in [2.75, 3.05) is 36.0 Å². The van der Waals surface area contributed by atoms with Crippen LogP contribution in [0.1, 0.15) is 15.9 Å². The van der Waals surface area contributed by atoms with Gasteiger partial charge >= 0.3 is 12.1 Å². The van der Waals surface area contributed by atoms with Crippen LogP contribution in [0.5, 0.6) is 0 Å². The summed E-state index contributed by atoms with van der Waals surface area (Å²) in [5, 5.41) is 9.55. The van der Waals surface area contributed by atoms with Gasteiger partial charge in [-0.2, -0.15) is 17.5 Å². The third-order valence-corrected chi connectivity index (χ3v) is 6.98. The second-order valence-corrected chi connectivity index (χ2v) is 9.05. The molecular weight excluding hydrogens is 488 g/mol. The van der Waals surface area contributed by atoms with Crippen molar-refractivity contribution in [2.45, 2.75) is 6.18 Å². The van der Waals surface area contributed by atoms with E-state index in [9.17, 15) is 27.9 Å². The average Bonchev–Trinajstić information content (AvgIpc) is 3.24. The minimum Gasteiger partial charge on any atom is -0.477 e. The first-order chi connectivity index (χ1) is 16.6. The van der Waals surface area contributed by atoms with Crippen molar-refractivity contribution in [2.24, 2.45) is 7.05 Å².